The van der Waals surface area contributed by atoms with Crippen molar-refractivity contribution in [2.75, 3.05) is 0 Å². The van der Waals surface area contributed by atoms with Gasteiger partial charge in [0.2, 0.25) is 0 Å². The summed E-state index contributed by atoms with van der Waals surface area (Å²) >= 11 is 5.97. The Labute approximate surface area is 145 Å². The normalized spacial score (nSPS) is 16.4. The van der Waals surface area contributed by atoms with Crippen LogP contribution in [0, 0.1) is 12.3 Å². The van der Waals surface area contributed by atoms with Gasteiger partial charge in [0.15, 0.2) is 11.4 Å². The minimum atomic E-state index is -0.0583. The molecule has 1 aliphatic carbocycles. The van der Waals surface area contributed by atoms with Crippen molar-refractivity contribution in [3.63, 3.8) is 0 Å². The number of carbonyl (C=O) groups is 1. The molecule has 122 valence electrons. The lowest BCUT2D eigenvalue weighted by molar-refractivity contribution is 0.0907. The highest BCUT2D eigenvalue weighted by molar-refractivity contribution is 6.30. The zero-order valence-corrected chi connectivity index (χ0v) is 14.7. The molecule has 4 rings (SSSR count). The zero-order chi connectivity index (χ0) is 17.1. The first-order chi connectivity index (χ1) is 11.3. The number of aryl methyl sites for hydroxylation is 1. The van der Waals surface area contributed by atoms with Gasteiger partial charge in [0.05, 0.1) is 22.6 Å². The molecule has 0 fully saturated rings. The highest BCUT2D eigenvalue weighted by atomic mass is 35.5. The number of rotatable bonds is 1. The van der Waals surface area contributed by atoms with Crippen LogP contribution in [-0.2, 0) is 6.42 Å². The minimum Gasteiger partial charge on any atom is -0.294 e. The summed E-state index contributed by atoms with van der Waals surface area (Å²) < 4.78 is 1.84. The largest absolute Gasteiger partial charge is 0.294 e. The number of benzene rings is 1. The smallest absolute Gasteiger partial charge is 0.167 e. The van der Waals surface area contributed by atoms with Crippen molar-refractivity contribution in [2.45, 2.75) is 33.6 Å². The molecule has 0 aliphatic heterocycles. The van der Waals surface area contributed by atoms with Crippen LogP contribution in [0.1, 0.15) is 42.0 Å². The number of halogens is 1. The Balaban J connectivity index is 1.95. The van der Waals surface area contributed by atoms with Crippen LogP contribution in [0.3, 0.4) is 0 Å². The van der Waals surface area contributed by atoms with Gasteiger partial charge in [-0.2, -0.15) is 5.10 Å². The first-order valence-corrected chi connectivity index (χ1v) is 8.40. The molecule has 0 atom stereocenters. The molecule has 0 N–H and O–H groups in total. The number of carbonyl (C=O) groups excluding carboxylic acids is 1. The number of nitrogens with zero attached hydrogens (tertiary/aromatic N) is 3. The molecule has 0 saturated heterocycles. The van der Waals surface area contributed by atoms with Crippen molar-refractivity contribution in [1.29, 1.82) is 0 Å². The second kappa shape index (κ2) is 5.15. The van der Waals surface area contributed by atoms with Gasteiger partial charge in [-0.3, -0.25) is 4.79 Å². The summed E-state index contributed by atoms with van der Waals surface area (Å²) in [6.07, 6.45) is 1.37. The Kier molecular flexibility index (Phi) is 3.29. The molecule has 0 amide bonds. The minimum absolute atomic E-state index is 0.0583. The molecule has 2 aromatic heterocycles. The summed E-state index contributed by atoms with van der Waals surface area (Å²) in [6, 6.07) is 9.54. The summed E-state index contributed by atoms with van der Waals surface area (Å²) in [5, 5.41) is 5.42. The molecule has 0 saturated carbocycles. The highest BCUT2D eigenvalue weighted by Gasteiger charge is 2.34. The molecule has 3 aromatic rings. The molecule has 5 heteroatoms. The average Bonchev–Trinajstić information content (AvgIpc) is 2.90. The van der Waals surface area contributed by atoms with Crippen molar-refractivity contribution < 1.29 is 4.79 Å². The molecule has 1 aliphatic rings. The van der Waals surface area contributed by atoms with Gasteiger partial charge in [-0.25, -0.2) is 9.50 Å². The van der Waals surface area contributed by atoms with E-state index < -0.39 is 0 Å². The molecule has 2 heterocycles. The van der Waals surface area contributed by atoms with E-state index in [0.717, 1.165) is 40.3 Å². The monoisotopic (exact) mass is 339 g/mol. The zero-order valence-electron chi connectivity index (χ0n) is 13.9. The number of aromatic nitrogens is 3. The lowest BCUT2D eigenvalue weighted by Gasteiger charge is -2.30. The van der Waals surface area contributed by atoms with Crippen LogP contribution in [-0.4, -0.2) is 20.4 Å². The van der Waals surface area contributed by atoms with Gasteiger partial charge in [0.25, 0.3) is 0 Å². The third-order valence-electron chi connectivity index (χ3n) is 4.58. The summed E-state index contributed by atoms with van der Waals surface area (Å²) in [5.41, 5.74) is 5.05. The lowest BCUT2D eigenvalue weighted by atomic mass is 9.75. The summed E-state index contributed by atoms with van der Waals surface area (Å²) in [5.74, 6) is 0.164. The van der Waals surface area contributed by atoms with Gasteiger partial charge in [0.1, 0.15) is 0 Å². The van der Waals surface area contributed by atoms with E-state index >= 15 is 0 Å². The van der Waals surface area contributed by atoms with Crippen LogP contribution in [0.2, 0.25) is 5.02 Å². The van der Waals surface area contributed by atoms with Gasteiger partial charge in [0, 0.05) is 23.1 Å². The van der Waals surface area contributed by atoms with Gasteiger partial charge >= 0.3 is 0 Å². The van der Waals surface area contributed by atoms with Crippen molar-refractivity contribution in [1.82, 2.24) is 14.6 Å². The average molecular weight is 340 g/mol. The third-order valence-corrected chi connectivity index (χ3v) is 4.83. The SMILES string of the molecule is Cc1nc2cc(-c3ccc(Cl)cc3)nn2c2c1C(=O)CC(C)(C)C2. The van der Waals surface area contributed by atoms with Crippen molar-refractivity contribution in [2.24, 2.45) is 5.41 Å². The molecule has 4 nitrogen and oxygen atoms in total. The van der Waals surface area contributed by atoms with Crippen molar-refractivity contribution in [3.05, 3.63) is 52.3 Å². The van der Waals surface area contributed by atoms with E-state index in [-0.39, 0.29) is 11.2 Å². The molecular formula is C19H18ClN3O. The Bertz CT molecular complexity index is 970. The van der Waals surface area contributed by atoms with Crippen LogP contribution < -0.4 is 0 Å². The number of Topliss-reactive ketones (excluding diaryl/α,β-unsaturated/α-hetero) is 1. The van der Waals surface area contributed by atoms with Gasteiger partial charge in [-0.15, -0.1) is 0 Å². The van der Waals surface area contributed by atoms with Crippen molar-refractivity contribution >= 4 is 23.0 Å². The van der Waals surface area contributed by atoms with Crippen LogP contribution >= 0.6 is 11.6 Å². The summed E-state index contributed by atoms with van der Waals surface area (Å²) in [4.78, 5) is 17.2. The molecule has 0 bridgehead atoms. The Hall–Kier alpha value is -2.20. The first kappa shape index (κ1) is 15.3. The van der Waals surface area contributed by atoms with E-state index in [1.54, 1.807) is 0 Å². The number of fused-ring (bicyclic) bond motifs is 3. The third kappa shape index (κ3) is 2.42. The van der Waals surface area contributed by atoms with Gasteiger partial charge in [-0.05, 0) is 30.9 Å². The van der Waals surface area contributed by atoms with Crippen molar-refractivity contribution in [3.8, 4) is 11.3 Å². The quantitative estimate of drug-likeness (QED) is 0.655. The number of ketones is 1. The van der Waals surface area contributed by atoms with Crippen LogP contribution in [0.25, 0.3) is 16.9 Å². The van der Waals surface area contributed by atoms with E-state index in [2.05, 4.69) is 18.8 Å². The van der Waals surface area contributed by atoms with Crippen LogP contribution in [0.5, 0.6) is 0 Å². The maximum atomic E-state index is 12.6. The fourth-order valence-corrected chi connectivity index (χ4v) is 3.64. The number of hydrogen-bond acceptors (Lipinski definition) is 3. The van der Waals surface area contributed by atoms with Crippen LogP contribution in [0.4, 0.5) is 0 Å². The Morgan fingerprint density at radius 1 is 1.17 bits per heavy atom. The second-order valence-corrected chi connectivity index (χ2v) is 7.70. The number of hydrogen-bond donors (Lipinski definition) is 0. The topological polar surface area (TPSA) is 47.3 Å². The van der Waals surface area contributed by atoms with E-state index in [9.17, 15) is 4.79 Å². The highest BCUT2D eigenvalue weighted by Crippen LogP contribution is 2.36. The molecular weight excluding hydrogens is 322 g/mol. The first-order valence-electron chi connectivity index (χ1n) is 8.02. The lowest BCUT2D eigenvalue weighted by Crippen LogP contribution is -2.30. The van der Waals surface area contributed by atoms with E-state index in [1.807, 2.05) is 41.8 Å². The molecule has 1 aromatic carbocycles. The standard InChI is InChI=1S/C19H18ClN3O/c1-11-18-15(9-19(2,3)10-16(18)24)23-17(21-11)8-14(22-23)12-4-6-13(20)7-5-12/h4-8H,9-10H2,1-3H3. The maximum absolute atomic E-state index is 12.6. The van der Waals surface area contributed by atoms with E-state index in [4.69, 9.17) is 16.7 Å². The van der Waals surface area contributed by atoms with E-state index in [0.29, 0.717) is 11.4 Å². The Morgan fingerprint density at radius 3 is 2.58 bits per heavy atom. The van der Waals surface area contributed by atoms with Gasteiger partial charge in [-0.1, -0.05) is 37.6 Å². The fraction of sp³-hybridized carbons (Fsp3) is 0.316. The second-order valence-electron chi connectivity index (χ2n) is 7.27. The molecule has 0 unspecified atom stereocenters. The van der Waals surface area contributed by atoms with Crippen LogP contribution in [0.15, 0.2) is 30.3 Å². The molecule has 0 spiro atoms. The molecule has 24 heavy (non-hydrogen) atoms. The maximum Gasteiger partial charge on any atom is 0.167 e. The predicted molar refractivity (Wildman–Crippen MR) is 94.6 cm³/mol. The Morgan fingerprint density at radius 2 is 1.88 bits per heavy atom. The summed E-state index contributed by atoms with van der Waals surface area (Å²) in [6.45, 7) is 6.15. The van der Waals surface area contributed by atoms with Gasteiger partial charge < -0.3 is 0 Å². The summed E-state index contributed by atoms with van der Waals surface area (Å²) in [7, 11) is 0. The predicted octanol–water partition coefficient (Wildman–Crippen LogP) is 4.51. The fourth-order valence-electron chi connectivity index (χ4n) is 3.52. The van der Waals surface area contributed by atoms with E-state index in [1.165, 1.54) is 0 Å². The molecule has 0 radical (unpaired) electrons.